The van der Waals surface area contributed by atoms with E-state index in [0.29, 0.717) is 29.4 Å². The van der Waals surface area contributed by atoms with Gasteiger partial charge in [-0.15, -0.1) is 0 Å². The standard InChI is InChI=1S/C22H21N5O3/c1-22(2,3)20(29)25-11-12-8-16(25)18-19(28)27(21(30)26(12)18)17-10-24-15(9-23)13-6-4-5-7-14(13)17/h4-7,10,12,16,18H,8,11H2,1-3H3/t12-,16?,18+/m1/s1. The molecule has 152 valence electrons. The highest BCUT2D eigenvalue weighted by molar-refractivity contribution is 6.25. The number of fused-ring (bicyclic) bond motifs is 6. The van der Waals surface area contributed by atoms with Crippen LogP contribution in [0.15, 0.2) is 30.5 Å². The van der Waals surface area contributed by atoms with Crippen LogP contribution in [0.2, 0.25) is 0 Å². The molecule has 8 heteroatoms. The number of hydrogen-bond acceptors (Lipinski definition) is 5. The fourth-order valence-electron chi connectivity index (χ4n) is 4.99. The van der Waals surface area contributed by atoms with Gasteiger partial charge in [0.25, 0.3) is 5.91 Å². The van der Waals surface area contributed by atoms with Gasteiger partial charge in [0.2, 0.25) is 5.91 Å². The molecule has 3 aliphatic rings. The van der Waals surface area contributed by atoms with E-state index in [4.69, 9.17) is 0 Å². The maximum atomic E-state index is 13.4. The van der Waals surface area contributed by atoms with Crippen LogP contribution in [0.4, 0.5) is 10.5 Å². The summed E-state index contributed by atoms with van der Waals surface area (Å²) in [7, 11) is 0. The number of anilines is 1. The molecule has 0 saturated carbocycles. The minimum atomic E-state index is -0.669. The molecule has 4 heterocycles. The number of nitrogens with zero attached hydrogens (tertiary/aromatic N) is 5. The van der Waals surface area contributed by atoms with E-state index in [1.807, 2.05) is 20.8 Å². The van der Waals surface area contributed by atoms with Crippen LogP contribution in [0.5, 0.6) is 0 Å². The smallest absolute Gasteiger partial charge is 0.332 e. The van der Waals surface area contributed by atoms with Crippen LogP contribution in [0.25, 0.3) is 10.8 Å². The molecule has 2 bridgehead atoms. The number of nitriles is 1. The second-order valence-corrected chi connectivity index (χ2v) is 9.12. The number of likely N-dealkylation sites (tertiary alicyclic amines) is 1. The second-order valence-electron chi connectivity index (χ2n) is 9.12. The molecule has 0 radical (unpaired) electrons. The van der Waals surface area contributed by atoms with Crippen LogP contribution in [0.1, 0.15) is 32.9 Å². The van der Waals surface area contributed by atoms with E-state index in [-0.39, 0.29) is 35.6 Å². The predicted molar refractivity (Wildman–Crippen MR) is 108 cm³/mol. The van der Waals surface area contributed by atoms with Crippen molar-refractivity contribution in [2.45, 2.75) is 45.3 Å². The van der Waals surface area contributed by atoms with E-state index in [1.54, 1.807) is 34.1 Å². The van der Waals surface area contributed by atoms with Gasteiger partial charge in [0.15, 0.2) is 0 Å². The lowest BCUT2D eigenvalue weighted by molar-refractivity contribution is -0.143. The first-order valence-electron chi connectivity index (χ1n) is 9.99. The highest BCUT2D eigenvalue weighted by Crippen LogP contribution is 2.44. The predicted octanol–water partition coefficient (Wildman–Crippen LogP) is 2.27. The van der Waals surface area contributed by atoms with Crippen molar-refractivity contribution in [3.8, 4) is 6.07 Å². The summed E-state index contributed by atoms with van der Waals surface area (Å²) >= 11 is 0. The second kappa shape index (κ2) is 6.02. The van der Waals surface area contributed by atoms with Crippen LogP contribution in [0.3, 0.4) is 0 Å². The Morgan fingerprint density at radius 1 is 1.20 bits per heavy atom. The first-order valence-corrected chi connectivity index (χ1v) is 9.99. The highest BCUT2D eigenvalue weighted by atomic mass is 16.2. The number of amides is 4. The normalized spacial score (nSPS) is 25.3. The summed E-state index contributed by atoms with van der Waals surface area (Å²) < 4.78 is 0. The Morgan fingerprint density at radius 3 is 2.57 bits per heavy atom. The molecular weight excluding hydrogens is 382 g/mol. The summed E-state index contributed by atoms with van der Waals surface area (Å²) in [5.41, 5.74) is 0.0755. The molecule has 5 rings (SSSR count). The minimum Gasteiger partial charge on any atom is -0.334 e. The zero-order valence-electron chi connectivity index (χ0n) is 17.0. The molecule has 1 unspecified atom stereocenters. The summed E-state index contributed by atoms with van der Waals surface area (Å²) in [6.45, 7) is 6.04. The fraction of sp³-hybridized carbons (Fsp3) is 0.409. The average molecular weight is 403 g/mol. The first-order chi connectivity index (χ1) is 14.2. The average Bonchev–Trinajstić information content (AvgIpc) is 3.37. The molecule has 3 aliphatic heterocycles. The van der Waals surface area contributed by atoms with E-state index >= 15 is 0 Å². The molecule has 30 heavy (non-hydrogen) atoms. The third-order valence-corrected chi connectivity index (χ3v) is 6.29. The molecule has 3 fully saturated rings. The van der Waals surface area contributed by atoms with Crippen LogP contribution in [0, 0.1) is 16.7 Å². The molecule has 8 nitrogen and oxygen atoms in total. The van der Waals surface area contributed by atoms with E-state index in [0.717, 1.165) is 0 Å². The lowest BCUT2D eigenvalue weighted by atomic mass is 9.93. The van der Waals surface area contributed by atoms with Gasteiger partial charge in [-0.05, 0) is 6.42 Å². The molecule has 4 amide bonds. The van der Waals surface area contributed by atoms with Gasteiger partial charge < -0.3 is 9.80 Å². The molecule has 1 aromatic heterocycles. The van der Waals surface area contributed by atoms with Crippen LogP contribution in [-0.2, 0) is 9.59 Å². The Bertz CT molecular complexity index is 1160. The molecule has 0 N–H and O–H groups in total. The minimum absolute atomic E-state index is 0.00108. The van der Waals surface area contributed by atoms with E-state index in [9.17, 15) is 19.6 Å². The third kappa shape index (κ3) is 2.32. The molecule has 1 aromatic carbocycles. The van der Waals surface area contributed by atoms with Crippen LogP contribution < -0.4 is 4.90 Å². The largest absolute Gasteiger partial charge is 0.334 e. The summed E-state index contributed by atoms with van der Waals surface area (Å²) in [5, 5.41) is 10.6. The topological polar surface area (TPSA) is 97.6 Å². The van der Waals surface area contributed by atoms with Gasteiger partial charge in [-0.2, -0.15) is 5.26 Å². The molecule has 3 atom stereocenters. The number of pyridine rings is 1. The van der Waals surface area contributed by atoms with Gasteiger partial charge >= 0.3 is 6.03 Å². The monoisotopic (exact) mass is 403 g/mol. The number of carbonyl (C=O) groups is 3. The van der Waals surface area contributed by atoms with Crippen molar-refractivity contribution in [3.63, 3.8) is 0 Å². The molecule has 3 saturated heterocycles. The Balaban J connectivity index is 1.56. The van der Waals surface area contributed by atoms with Crippen molar-refractivity contribution >= 4 is 34.3 Å². The Kier molecular flexibility index (Phi) is 3.72. The van der Waals surface area contributed by atoms with Crippen LogP contribution >= 0.6 is 0 Å². The summed E-state index contributed by atoms with van der Waals surface area (Å²) in [4.78, 5) is 48.4. The van der Waals surface area contributed by atoms with Gasteiger partial charge in [0.1, 0.15) is 17.8 Å². The Labute approximate surface area is 173 Å². The van der Waals surface area contributed by atoms with Crippen molar-refractivity contribution < 1.29 is 14.4 Å². The van der Waals surface area contributed by atoms with E-state index in [2.05, 4.69) is 11.1 Å². The molecular formula is C22H21N5O3. The Hall–Kier alpha value is -3.47. The van der Waals surface area contributed by atoms with Crippen molar-refractivity contribution in [1.82, 2.24) is 14.8 Å². The quantitative estimate of drug-likeness (QED) is 0.681. The van der Waals surface area contributed by atoms with E-state index in [1.165, 1.54) is 11.1 Å². The molecule has 2 aromatic rings. The highest BCUT2D eigenvalue weighted by Gasteiger charge is 2.63. The van der Waals surface area contributed by atoms with Crippen LogP contribution in [-0.4, -0.2) is 57.3 Å². The fourth-order valence-corrected chi connectivity index (χ4v) is 4.99. The zero-order chi connectivity index (χ0) is 21.4. The third-order valence-electron chi connectivity index (χ3n) is 6.29. The van der Waals surface area contributed by atoms with Crippen molar-refractivity contribution in [2.75, 3.05) is 11.4 Å². The van der Waals surface area contributed by atoms with Gasteiger partial charge in [0.05, 0.1) is 24.0 Å². The summed E-state index contributed by atoms with van der Waals surface area (Å²) in [6, 6.07) is 7.66. The number of aromatic nitrogens is 1. The molecule has 0 aliphatic carbocycles. The number of imide groups is 1. The lowest BCUT2D eigenvalue weighted by Crippen LogP contribution is -2.56. The van der Waals surface area contributed by atoms with Gasteiger partial charge in [-0.1, -0.05) is 45.0 Å². The van der Waals surface area contributed by atoms with Gasteiger partial charge in [-0.25, -0.2) is 14.7 Å². The van der Waals surface area contributed by atoms with Crippen molar-refractivity contribution in [1.29, 1.82) is 5.26 Å². The van der Waals surface area contributed by atoms with Gasteiger partial charge in [-0.3, -0.25) is 9.59 Å². The number of piperazine rings is 1. The van der Waals surface area contributed by atoms with E-state index < -0.39 is 11.5 Å². The molecule has 0 spiro atoms. The SMILES string of the molecule is CC(C)(C)C(=O)N1C[C@H]2CC1[C@H]1C(=O)N(c3cnc(C#N)c4ccccc34)C(=O)N21. The maximum Gasteiger partial charge on any atom is 0.332 e. The Morgan fingerprint density at radius 2 is 1.90 bits per heavy atom. The summed E-state index contributed by atoms with van der Waals surface area (Å²) in [5.74, 6) is -0.339. The van der Waals surface area contributed by atoms with Crippen molar-refractivity contribution in [3.05, 3.63) is 36.2 Å². The first kappa shape index (κ1) is 18.6. The zero-order valence-corrected chi connectivity index (χ0v) is 17.0. The number of hydrogen-bond donors (Lipinski definition) is 0. The van der Waals surface area contributed by atoms with Gasteiger partial charge in [0, 0.05) is 22.7 Å². The maximum absolute atomic E-state index is 13.4. The van der Waals surface area contributed by atoms with Crippen molar-refractivity contribution in [2.24, 2.45) is 5.41 Å². The number of carbonyl (C=O) groups excluding carboxylic acids is 3. The number of urea groups is 1. The summed E-state index contributed by atoms with van der Waals surface area (Å²) in [6.07, 6.45) is 2.04. The number of rotatable bonds is 1. The lowest BCUT2D eigenvalue weighted by Gasteiger charge is -2.37. The number of benzene rings is 1.